The second kappa shape index (κ2) is 5.21. The highest BCUT2D eigenvalue weighted by Gasteiger charge is 1.99. The van der Waals surface area contributed by atoms with E-state index in [1.165, 1.54) is 0 Å². The third-order valence-electron chi connectivity index (χ3n) is 1.04. The number of likely N-dealkylation sites (N-methyl/N-ethyl adjacent to an activating group) is 1. The van der Waals surface area contributed by atoms with E-state index >= 15 is 0 Å². The van der Waals surface area contributed by atoms with Crippen molar-refractivity contribution in [3.05, 3.63) is 0 Å². The van der Waals surface area contributed by atoms with Gasteiger partial charge in [-0.1, -0.05) is 15.9 Å². The fraction of sp³-hybridized carbons (Fsp3) is 1.00. The molecule has 0 aliphatic carbocycles. The first kappa shape index (κ1) is 9.40. The lowest BCUT2D eigenvalue weighted by Gasteiger charge is -2.15. The summed E-state index contributed by atoms with van der Waals surface area (Å²) in [5.74, 6) is 0. The van der Waals surface area contributed by atoms with Crippen molar-refractivity contribution < 1.29 is 5.11 Å². The van der Waals surface area contributed by atoms with Crippen LogP contribution in [0.2, 0.25) is 0 Å². The summed E-state index contributed by atoms with van der Waals surface area (Å²) in [5.41, 5.74) is 0. The van der Waals surface area contributed by atoms with Crippen LogP contribution in [-0.4, -0.2) is 41.6 Å². The van der Waals surface area contributed by atoms with Gasteiger partial charge in [-0.3, -0.25) is 0 Å². The molecule has 3 heteroatoms. The van der Waals surface area contributed by atoms with Gasteiger partial charge in [0.1, 0.15) is 0 Å². The molecule has 1 unspecified atom stereocenters. The van der Waals surface area contributed by atoms with E-state index in [-0.39, 0.29) is 6.10 Å². The van der Waals surface area contributed by atoms with Crippen LogP contribution in [-0.2, 0) is 0 Å². The van der Waals surface area contributed by atoms with E-state index in [2.05, 4.69) is 20.8 Å². The molecule has 0 radical (unpaired) electrons. The van der Waals surface area contributed by atoms with E-state index in [4.69, 9.17) is 5.11 Å². The molecule has 0 aromatic heterocycles. The number of rotatable bonds is 4. The van der Waals surface area contributed by atoms with Gasteiger partial charge in [-0.05, 0) is 14.0 Å². The number of hydrogen-bond donors (Lipinski definition) is 1. The van der Waals surface area contributed by atoms with Crippen LogP contribution < -0.4 is 0 Å². The Labute approximate surface area is 65.0 Å². The van der Waals surface area contributed by atoms with Crippen LogP contribution >= 0.6 is 15.9 Å². The summed E-state index contributed by atoms with van der Waals surface area (Å²) in [6.07, 6.45) is -0.214. The van der Waals surface area contributed by atoms with Crippen LogP contribution in [0, 0.1) is 0 Å². The first-order valence-corrected chi connectivity index (χ1v) is 4.21. The van der Waals surface area contributed by atoms with Gasteiger partial charge in [-0.25, -0.2) is 0 Å². The highest BCUT2D eigenvalue weighted by molar-refractivity contribution is 9.09. The molecule has 0 rings (SSSR count). The van der Waals surface area contributed by atoms with E-state index in [0.29, 0.717) is 0 Å². The summed E-state index contributed by atoms with van der Waals surface area (Å²) in [7, 11) is 1.99. The molecule has 1 N–H and O–H groups in total. The van der Waals surface area contributed by atoms with E-state index in [1.807, 2.05) is 7.05 Å². The predicted octanol–water partition coefficient (Wildman–Crippen LogP) is 0.694. The molecule has 0 saturated carbocycles. The van der Waals surface area contributed by atoms with Gasteiger partial charge >= 0.3 is 0 Å². The number of aliphatic hydroxyl groups is 1. The highest BCUT2D eigenvalue weighted by Crippen LogP contribution is 1.89. The molecule has 0 aromatic carbocycles. The topological polar surface area (TPSA) is 23.5 Å². The van der Waals surface area contributed by atoms with Crippen molar-refractivity contribution in [2.45, 2.75) is 13.0 Å². The molecule has 56 valence electrons. The van der Waals surface area contributed by atoms with E-state index in [0.717, 1.165) is 18.4 Å². The van der Waals surface area contributed by atoms with Gasteiger partial charge in [-0.15, -0.1) is 0 Å². The van der Waals surface area contributed by atoms with Crippen LogP contribution in [0.15, 0.2) is 0 Å². The molecular weight excluding hydrogens is 182 g/mol. The first-order valence-electron chi connectivity index (χ1n) is 3.09. The van der Waals surface area contributed by atoms with Gasteiger partial charge in [0.2, 0.25) is 0 Å². The first-order chi connectivity index (χ1) is 4.16. The lowest BCUT2D eigenvalue weighted by atomic mass is 10.4. The van der Waals surface area contributed by atoms with Crippen molar-refractivity contribution in [2.75, 3.05) is 25.5 Å². The number of halogens is 1. The maximum absolute atomic E-state index is 8.89. The van der Waals surface area contributed by atoms with Gasteiger partial charge < -0.3 is 10.0 Å². The zero-order valence-electron chi connectivity index (χ0n) is 5.97. The Morgan fingerprint density at radius 2 is 2.22 bits per heavy atom. The molecule has 0 fully saturated rings. The molecule has 2 nitrogen and oxygen atoms in total. The monoisotopic (exact) mass is 195 g/mol. The molecule has 0 amide bonds. The van der Waals surface area contributed by atoms with E-state index in [1.54, 1.807) is 6.92 Å². The maximum Gasteiger partial charge on any atom is 0.0638 e. The predicted molar refractivity (Wildman–Crippen MR) is 43.0 cm³/mol. The van der Waals surface area contributed by atoms with Crippen LogP contribution in [0.4, 0.5) is 0 Å². The summed E-state index contributed by atoms with van der Waals surface area (Å²) in [6.45, 7) is 3.54. The second-order valence-electron chi connectivity index (χ2n) is 2.30. The van der Waals surface area contributed by atoms with Gasteiger partial charge in [0.05, 0.1) is 6.10 Å². The Kier molecular flexibility index (Phi) is 5.44. The Morgan fingerprint density at radius 3 is 2.56 bits per heavy atom. The van der Waals surface area contributed by atoms with Crippen molar-refractivity contribution in [2.24, 2.45) is 0 Å². The van der Waals surface area contributed by atoms with Crippen molar-refractivity contribution in [3.63, 3.8) is 0 Å². The molecule has 0 aliphatic heterocycles. The Bertz CT molecular complexity index is 68.1. The smallest absolute Gasteiger partial charge is 0.0638 e. The van der Waals surface area contributed by atoms with Gasteiger partial charge in [0.25, 0.3) is 0 Å². The lowest BCUT2D eigenvalue weighted by Crippen LogP contribution is -2.28. The maximum atomic E-state index is 8.89. The van der Waals surface area contributed by atoms with Crippen LogP contribution in [0.25, 0.3) is 0 Å². The Balaban J connectivity index is 3.15. The average molecular weight is 196 g/mol. The molecule has 0 aliphatic rings. The van der Waals surface area contributed by atoms with E-state index in [9.17, 15) is 0 Å². The molecule has 0 saturated heterocycles. The summed E-state index contributed by atoms with van der Waals surface area (Å²) in [4.78, 5) is 2.08. The fourth-order valence-electron chi connectivity index (χ4n) is 0.687. The minimum atomic E-state index is -0.214. The molecule has 0 heterocycles. The molecule has 0 aromatic rings. The normalized spacial score (nSPS) is 14.3. The number of nitrogens with zero attached hydrogens (tertiary/aromatic N) is 1. The Morgan fingerprint density at radius 1 is 1.67 bits per heavy atom. The van der Waals surface area contributed by atoms with Gasteiger partial charge in [0, 0.05) is 18.4 Å². The fourth-order valence-corrected chi connectivity index (χ4v) is 1.29. The molecule has 1 atom stereocenters. The zero-order valence-corrected chi connectivity index (χ0v) is 7.56. The van der Waals surface area contributed by atoms with Crippen LogP contribution in [0.5, 0.6) is 0 Å². The van der Waals surface area contributed by atoms with E-state index < -0.39 is 0 Å². The number of hydrogen-bond acceptors (Lipinski definition) is 2. The SMILES string of the molecule is CC(O)CN(C)CCBr. The molecular formula is C6H14BrNO. The van der Waals surface area contributed by atoms with Gasteiger partial charge in [-0.2, -0.15) is 0 Å². The minimum Gasteiger partial charge on any atom is -0.392 e. The Hall–Kier alpha value is 0.400. The van der Waals surface area contributed by atoms with Crippen LogP contribution in [0.1, 0.15) is 6.92 Å². The van der Waals surface area contributed by atoms with Crippen molar-refractivity contribution >= 4 is 15.9 Å². The summed E-state index contributed by atoms with van der Waals surface area (Å²) < 4.78 is 0. The third-order valence-corrected chi connectivity index (χ3v) is 1.40. The minimum absolute atomic E-state index is 0.214. The number of alkyl halides is 1. The summed E-state index contributed by atoms with van der Waals surface area (Å²) >= 11 is 3.32. The quantitative estimate of drug-likeness (QED) is 0.669. The van der Waals surface area contributed by atoms with Crippen molar-refractivity contribution in [3.8, 4) is 0 Å². The number of aliphatic hydroxyl groups excluding tert-OH is 1. The van der Waals surface area contributed by atoms with Crippen molar-refractivity contribution in [1.29, 1.82) is 0 Å². The summed E-state index contributed by atoms with van der Waals surface area (Å²) in [6, 6.07) is 0. The standard InChI is InChI=1S/C6H14BrNO/c1-6(9)5-8(2)4-3-7/h6,9H,3-5H2,1-2H3. The summed E-state index contributed by atoms with van der Waals surface area (Å²) in [5, 5.41) is 9.86. The average Bonchev–Trinajstić information content (AvgIpc) is 1.63. The van der Waals surface area contributed by atoms with Gasteiger partial charge in [0.15, 0.2) is 0 Å². The highest BCUT2D eigenvalue weighted by atomic mass is 79.9. The lowest BCUT2D eigenvalue weighted by molar-refractivity contribution is 0.145. The molecule has 9 heavy (non-hydrogen) atoms. The molecule has 0 spiro atoms. The van der Waals surface area contributed by atoms with Crippen molar-refractivity contribution in [1.82, 2.24) is 4.90 Å². The third kappa shape index (κ3) is 6.28. The molecule has 0 bridgehead atoms. The zero-order chi connectivity index (χ0) is 7.28. The second-order valence-corrected chi connectivity index (χ2v) is 3.09. The largest absolute Gasteiger partial charge is 0.392 e. The van der Waals surface area contributed by atoms with Crippen LogP contribution in [0.3, 0.4) is 0 Å².